The maximum absolute atomic E-state index is 12.7. The lowest BCUT2D eigenvalue weighted by atomic mass is 10.1. The smallest absolute Gasteiger partial charge is 0.272 e. The molecule has 1 atom stereocenters. The fourth-order valence-corrected chi connectivity index (χ4v) is 2.57. The summed E-state index contributed by atoms with van der Waals surface area (Å²) in [7, 11) is 0. The molecule has 7 heteroatoms. The van der Waals surface area contributed by atoms with Gasteiger partial charge in [0.05, 0.1) is 0 Å². The summed E-state index contributed by atoms with van der Waals surface area (Å²) in [6.07, 6.45) is 3.38. The van der Waals surface area contributed by atoms with Crippen LogP contribution in [0, 0.1) is 5.26 Å². The van der Waals surface area contributed by atoms with Crippen LogP contribution < -0.4 is 16.0 Å². The summed E-state index contributed by atoms with van der Waals surface area (Å²) in [6.45, 7) is 3.99. The molecular formula is C11H18ClFN4S. The zero-order valence-corrected chi connectivity index (χ0v) is 11.7. The summed E-state index contributed by atoms with van der Waals surface area (Å²) >= 11 is 6.66. The van der Waals surface area contributed by atoms with E-state index in [1.54, 1.807) is 0 Å². The van der Waals surface area contributed by atoms with Gasteiger partial charge in [-0.2, -0.15) is 9.37 Å². The third kappa shape index (κ3) is 4.35. The molecule has 1 aliphatic heterocycles. The van der Waals surface area contributed by atoms with Crippen molar-refractivity contribution < 1.29 is 4.39 Å². The Morgan fingerprint density at radius 2 is 2.22 bits per heavy atom. The molecule has 0 unspecified atom stereocenters. The summed E-state index contributed by atoms with van der Waals surface area (Å²) in [4.78, 5) is 3.67. The Kier molecular flexibility index (Phi) is 5.62. The van der Waals surface area contributed by atoms with Crippen molar-refractivity contribution in [2.75, 3.05) is 31.5 Å². The maximum Gasteiger partial charge on any atom is 0.272 e. The van der Waals surface area contributed by atoms with Gasteiger partial charge in [0.25, 0.3) is 5.26 Å². The van der Waals surface area contributed by atoms with Crippen molar-refractivity contribution in [1.82, 2.24) is 15.6 Å². The van der Waals surface area contributed by atoms with Crippen molar-refractivity contribution in [3.05, 3.63) is 9.60 Å². The lowest BCUT2D eigenvalue weighted by Gasteiger charge is -2.27. The second-order valence-electron chi connectivity index (χ2n) is 4.37. The van der Waals surface area contributed by atoms with Crippen LogP contribution in [0.5, 0.6) is 0 Å². The molecule has 0 radical (unpaired) electrons. The van der Waals surface area contributed by atoms with Crippen molar-refractivity contribution in [1.29, 1.82) is 0 Å². The second-order valence-corrected chi connectivity index (χ2v) is 5.92. The van der Waals surface area contributed by atoms with E-state index in [9.17, 15) is 4.39 Å². The fourth-order valence-electron chi connectivity index (χ4n) is 1.77. The number of hydrogen-bond donors (Lipinski definition) is 3. The first-order valence-electron chi connectivity index (χ1n) is 6.25. The van der Waals surface area contributed by atoms with Gasteiger partial charge in [0.2, 0.25) is 0 Å². The van der Waals surface area contributed by atoms with Crippen LogP contribution >= 0.6 is 22.9 Å². The Labute approximate surface area is 115 Å². The standard InChI is InChI=1S/C11H18ClFN4S/c12-9-10(17-11(13)18-9)16-5-2-1-4-14-7-8-3-6-15-8/h8,14-16H,1-7H2/t8-/m0/s1. The maximum atomic E-state index is 12.7. The van der Waals surface area contributed by atoms with Crippen LogP contribution in [0.3, 0.4) is 0 Å². The van der Waals surface area contributed by atoms with Crippen molar-refractivity contribution in [3.8, 4) is 0 Å². The molecule has 2 heterocycles. The molecule has 18 heavy (non-hydrogen) atoms. The fraction of sp³-hybridized carbons (Fsp3) is 0.727. The van der Waals surface area contributed by atoms with Gasteiger partial charge in [-0.25, -0.2) is 0 Å². The molecule has 1 fully saturated rings. The van der Waals surface area contributed by atoms with Gasteiger partial charge in [0.1, 0.15) is 4.34 Å². The number of rotatable bonds is 8. The highest BCUT2D eigenvalue weighted by Crippen LogP contribution is 2.27. The van der Waals surface area contributed by atoms with Crippen molar-refractivity contribution in [3.63, 3.8) is 0 Å². The number of halogens is 2. The topological polar surface area (TPSA) is 49.0 Å². The number of thiazole rings is 1. The van der Waals surface area contributed by atoms with Gasteiger partial charge in [-0.15, -0.1) is 0 Å². The summed E-state index contributed by atoms with van der Waals surface area (Å²) < 4.78 is 13.1. The molecule has 0 bridgehead atoms. The SMILES string of the molecule is Fc1nc(NCCCCNC[C@@H]2CCN2)c(Cl)s1. The highest BCUT2D eigenvalue weighted by atomic mass is 35.5. The van der Waals surface area contributed by atoms with E-state index in [4.69, 9.17) is 11.6 Å². The summed E-state index contributed by atoms with van der Waals surface area (Å²) in [5.41, 5.74) is 0. The Morgan fingerprint density at radius 1 is 1.44 bits per heavy atom. The monoisotopic (exact) mass is 292 g/mol. The van der Waals surface area contributed by atoms with E-state index in [1.165, 1.54) is 6.42 Å². The Hall–Kier alpha value is -0.430. The first-order chi connectivity index (χ1) is 8.75. The molecule has 0 aromatic carbocycles. The average Bonchev–Trinajstić information content (AvgIpc) is 2.59. The van der Waals surface area contributed by atoms with Gasteiger partial charge >= 0.3 is 0 Å². The van der Waals surface area contributed by atoms with Gasteiger partial charge < -0.3 is 16.0 Å². The average molecular weight is 293 g/mol. The van der Waals surface area contributed by atoms with E-state index in [0.717, 1.165) is 50.4 Å². The molecular weight excluding hydrogens is 275 g/mol. The number of hydrogen-bond acceptors (Lipinski definition) is 5. The van der Waals surface area contributed by atoms with Crippen molar-refractivity contribution in [2.24, 2.45) is 0 Å². The lowest BCUT2D eigenvalue weighted by molar-refractivity contribution is 0.353. The molecule has 3 N–H and O–H groups in total. The van der Waals surface area contributed by atoms with Gasteiger partial charge in [0.15, 0.2) is 5.82 Å². The molecule has 2 rings (SSSR count). The van der Waals surface area contributed by atoms with Crippen LogP contribution in [0.15, 0.2) is 0 Å². The molecule has 0 saturated carbocycles. The van der Waals surface area contributed by atoms with Crippen molar-refractivity contribution in [2.45, 2.75) is 25.3 Å². The minimum Gasteiger partial charge on any atom is -0.368 e. The van der Waals surface area contributed by atoms with Gasteiger partial charge in [-0.3, -0.25) is 0 Å². The van der Waals surface area contributed by atoms with E-state index in [0.29, 0.717) is 16.2 Å². The predicted octanol–water partition coefficient (Wildman–Crippen LogP) is 2.08. The van der Waals surface area contributed by atoms with E-state index in [-0.39, 0.29) is 0 Å². The van der Waals surface area contributed by atoms with Crippen LogP contribution in [-0.4, -0.2) is 37.2 Å². The number of aromatic nitrogens is 1. The lowest BCUT2D eigenvalue weighted by Crippen LogP contribution is -2.49. The zero-order chi connectivity index (χ0) is 12.8. The first kappa shape index (κ1) is 14.0. The van der Waals surface area contributed by atoms with Gasteiger partial charge in [-0.1, -0.05) is 22.9 Å². The van der Waals surface area contributed by atoms with E-state index in [1.807, 2.05) is 0 Å². The highest BCUT2D eigenvalue weighted by molar-refractivity contribution is 7.15. The molecule has 4 nitrogen and oxygen atoms in total. The second kappa shape index (κ2) is 7.23. The van der Waals surface area contributed by atoms with Crippen LogP contribution in [0.4, 0.5) is 10.2 Å². The molecule has 0 amide bonds. The minimum atomic E-state index is -0.489. The van der Waals surface area contributed by atoms with Crippen LogP contribution in [-0.2, 0) is 0 Å². The minimum absolute atomic E-state index is 0.390. The Balaban J connectivity index is 1.47. The van der Waals surface area contributed by atoms with E-state index >= 15 is 0 Å². The summed E-state index contributed by atoms with van der Waals surface area (Å²) in [5, 5.41) is 9.31. The number of anilines is 1. The summed E-state index contributed by atoms with van der Waals surface area (Å²) in [5.74, 6) is 0.464. The first-order valence-corrected chi connectivity index (χ1v) is 7.45. The number of nitrogens with zero attached hydrogens (tertiary/aromatic N) is 1. The van der Waals surface area contributed by atoms with Crippen LogP contribution in [0.2, 0.25) is 4.34 Å². The molecule has 0 spiro atoms. The molecule has 1 saturated heterocycles. The van der Waals surface area contributed by atoms with E-state index in [2.05, 4.69) is 20.9 Å². The number of unbranched alkanes of at least 4 members (excludes halogenated alkanes) is 1. The molecule has 1 aromatic rings. The van der Waals surface area contributed by atoms with Crippen molar-refractivity contribution >= 4 is 28.8 Å². The summed E-state index contributed by atoms with van der Waals surface area (Å²) in [6, 6.07) is 0.667. The Morgan fingerprint density at radius 3 is 2.83 bits per heavy atom. The molecule has 0 aliphatic carbocycles. The highest BCUT2D eigenvalue weighted by Gasteiger charge is 2.14. The van der Waals surface area contributed by atoms with Gasteiger partial charge in [0, 0.05) is 19.1 Å². The third-order valence-electron chi connectivity index (χ3n) is 2.95. The van der Waals surface area contributed by atoms with E-state index < -0.39 is 5.26 Å². The Bertz CT molecular complexity index is 370. The van der Waals surface area contributed by atoms with Crippen LogP contribution in [0.1, 0.15) is 19.3 Å². The van der Waals surface area contributed by atoms with Gasteiger partial charge in [-0.05, 0) is 32.4 Å². The molecule has 102 valence electrons. The predicted molar refractivity (Wildman–Crippen MR) is 74.1 cm³/mol. The quantitative estimate of drug-likeness (QED) is 0.642. The molecule has 1 aliphatic rings. The normalized spacial score (nSPS) is 18.7. The molecule has 1 aromatic heterocycles. The zero-order valence-electron chi connectivity index (χ0n) is 10.1. The number of nitrogens with one attached hydrogen (secondary N) is 3. The largest absolute Gasteiger partial charge is 0.368 e. The van der Waals surface area contributed by atoms with Crippen LogP contribution in [0.25, 0.3) is 0 Å². The third-order valence-corrected chi connectivity index (χ3v) is 3.99.